The number of amides is 2. The molecular weight excluding hydrogens is 557 g/mol. The summed E-state index contributed by atoms with van der Waals surface area (Å²) >= 11 is 0. The molecule has 3 aromatic carbocycles. The maximum Gasteiger partial charge on any atom is 0.264 e. The van der Waals surface area contributed by atoms with Crippen LogP contribution in [0.15, 0.2) is 77.7 Å². The lowest BCUT2D eigenvalue weighted by molar-refractivity contribution is -0.140. The van der Waals surface area contributed by atoms with Crippen molar-refractivity contribution < 1.29 is 27.1 Å². The van der Waals surface area contributed by atoms with Crippen LogP contribution in [0.2, 0.25) is 0 Å². The first kappa shape index (κ1) is 32.6. The predicted octanol–water partition coefficient (Wildman–Crippen LogP) is 5.31. The zero-order valence-corrected chi connectivity index (χ0v) is 25.7. The highest BCUT2D eigenvalue weighted by atomic mass is 32.2. The molecule has 10 heteroatoms. The number of rotatable bonds is 14. The Morgan fingerprint density at radius 2 is 1.64 bits per heavy atom. The van der Waals surface area contributed by atoms with Gasteiger partial charge < -0.3 is 15.0 Å². The smallest absolute Gasteiger partial charge is 0.264 e. The first-order valence-electron chi connectivity index (χ1n) is 14.1. The van der Waals surface area contributed by atoms with Gasteiger partial charge in [-0.15, -0.1) is 0 Å². The number of nitrogens with one attached hydrogen (secondary N) is 1. The molecule has 3 aromatic rings. The highest BCUT2D eigenvalue weighted by Crippen LogP contribution is 2.26. The number of sulfonamides is 1. The zero-order chi connectivity index (χ0) is 30.9. The molecule has 2 amide bonds. The van der Waals surface area contributed by atoms with Crippen molar-refractivity contribution in [1.82, 2.24) is 10.2 Å². The highest BCUT2D eigenvalue weighted by molar-refractivity contribution is 7.92. The molecular formula is C32H40FN3O5S. The molecule has 0 radical (unpaired) electrons. The third-order valence-corrected chi connectivity index (χ3v) is 8.41. The Labute approximate surface area is 248 Å². The highest BCUT2D eigenvalue weighted by Gasteiger charge is 2.33. The largest absolute Gasteiger partial charge is 0.494 e. The average Bonchev–Trinajstić information content (AvgIpc) is 2.95. The van der Waals surface area contributed by atoms with E-state index in [4.69, 9.17) is 4.74 Å². The van der Waals surface area contributed by atoms with Crippen molar-refractivity contribution in [3.63, 3.8) is 0 Å². The number of hydrogen-bond donors (Lipinski definition) is 1. The van der Waals surface area contributed by atoms with Gasteiger partial charge in [0.05, 0.1) is 17.2 Å². The second-order valence-electron chi connectivity index (χ2n) is 10.5. The maximum atomic E-state index is 14.1. The van der Waals surface area contributed by atoms with Crippen molar-refractivity contribution in [2.24, 2.45) is 5.92 Å². The first-order chi connectivity index (χ1) is 20.0. The molecule has 8 nitrogen and oxygen atoms in total. The van der Waals surface area contributed by atoms with Gasteiger partial charge in [0.15, 0.2) is 0 Å². The second kappa shape index (κ2) is 14.8. The third-order valence-electron chi connectivity index (χ3n) is 6.62. The standard InChI is InChI=1S/C32H40FN3O5S/c1-6-30(32(38)34-20-23(3)4)35(21-25-10-8-9-24(5)19-25)31(37)22-36(27-13-11-26(33)12-14-27)42(39,40)29-17-15-28(16-18-29)41-7-2/h8-19,23,30H,6-7,20-22H2,1-5H3,(H,34,38). The summed E-state index contributed by atoms with van der Waals surface area (Å²) in [6.07, 6.45) is 0.323. The van der Waals surface area contributed by atoms with E-state index in [-0.39, 0.29) is 29.0 Å². The van der Waals surface area contributed by atoms with Gasteiger partial charge in [-0.1, -0.05) is 50.6 Å². The molecule has 0 saturated carbocycles. The fraction of sp³-hybridized carbons (Fsp3) is 0.375. The third kappa shape index (κ3) is 8.55. The minimum Gasteiger partial charge on any atom is -0.494 e. The van der Waals surface area contributed by atoms with Gasteiger partial charge in [0.1, 0.15) is 24.2 Å². The maximum absolute atomic E-state index is 14.1. The summed E-state index contributed by atoms with van der Waals surface area (Å²) in [5, 5.41) is 2.91. The lowest BCUT2D eigenvalue weighted by atomic mass is 10.1. The summed E-state index contributed by atoms with van der Waals surface area (Å²) in [4.78, 5) is 28.7. The molecule has 0 aliphatic carbocycles. The van der Waals surface area contributed by atoms with Crippen LogP contribution < -0.4 is 14.4 Å². The molecule has 42 heavy (non-hydrogen) atoms. The van der Waals surface area contributed by atoms with Crippen LogP contribution >= 0.6 is 0 Å². The number of benzene rings is 3. The van der Waals surface area contributed by atoms with Crippen LogP contribution in [0, 0.1) is 18.7 Å². The van der Waals surface area contributed by atoms with Gasteiger partial charge in [0.25, 0.3) is 10.0 Å². The van der Waals surface area contributed by atoms with E-state index in [2.05, 4.69) is 5.32 Å². The van der Waals surface area contributed by atoms with E-state index >= 15 is 0 Å². The van der Waals surface area contributed by atoms with Gasteiger partial charge >= 0.3 is 0 Å². The zero-order valence-electron chi connectivity index (χ0n) is 24.8. The number of carbonyl (C=O) groups excluding carboxylic acids is 2. The van der Waals surface area contributed by atoms with Crippen molar-refractivity contribution >= 4 is 27.5 Å². The Kier molecular flexibility index (Phi) is 11.5. The number of aryl methyl sites for hydroxylation is 1. The summed E-state index contributed by atoms with van der Waals surface area (Å²) in [5.41, 5.74) is 1.91. The Morgan fingerprint density at radius 3 is 2.21 bits per heavy atom. The molecule has 1 atom stereocenters. The van der Waals surface area contributed by atoms with Crippen molar-refractivity contribution in [3.8, 4) is 5.75 Å². The lowest BCUT2D eigenvalue weighted by Crippen LogP contribution is -2.52. The predicted molar refractivity (Wildman–Crippen MR) is 162 cm³/mol. The molecule has 0 aliphatic heterocycles. The number of anilines is 1. The SMILES string of the molecule is CCOc1ccc(S(=O)(=O)N(CC(=O)N(Cc2cccc(C)c2)C(CC)C(=O)NCC(C)C)c2ccc(F)cc2)cc1. The topological polar surface area (TPSA) is 96.0 Å². The molecule has 0 bridgehead atoms. The lowest BCUT2D eigenvalue weighted by Gasteiger charge is -2.33. The quantitative estimate of drug-likeness (QED) is 0.272. The molecule has 0 spiro atoms. The molecule has 0 saturated heterocycles. The van der Waals surface area contributed by atoms with Gasteiger partial charge in [0.2, 0.25) is 11.8 Å². The Morgan fingerprint density at radius 1 is 0.976 bits per heavy atom. The molecule has 226 valence electrons. The van der Waals surface area contributed by atoms with Gasteiger partial charge in [-0.05, 0) is 80.3 Å². The van der Waals surface area contributed by atoms with E-state index < -0.39 is 34.3 Å². The minimum atomic E-state index is -4.27. The molecule has 0 heterocycles. The fourth-order valence-corrected chi connectivity index (χ4v) is 5.90. The minimum absolute atomic E-state index is 0.0602. The van der Waals surface area contributed by atoms with Crippen molar-refractivity contribution in [1.29, 1.82) is 0 Å². The molecule has 1 unspecified atom stereocenters. The number of carbonyl (C=O) groups is 2. The molecule has 3 rings (SSSR count). The van der Waals surface area contributed by atoms with Gasteiger partial charge in [0, 0.05) is 13.1 Å². The number of hydrogen-bond acceptors (Lipinski definition) is 5. The van der Waals surface area contributed by atoms with Crippen LogP contribution in [0.3, 0.4) is 0 Å². The van der Waals surface area contributed by atoms with E-state index in [0.717, 1.165) is 27.6 Å². The Bertz CT molecular complexity index is 1440. The van der Waals surface area contributed by atoms with E-state index in [1.54, 1.807) is 0 Å². The average molecular weight is 598 g/mol. The summed E-state index contributed by atoms with van der Waals surface area (Å²) < 4.78 is 48.1. The van der Waals surface area contributed by atoms with Crippen LogP contribution in [-0.2, 0) is 26.2 Å². The van der Waals surface area contributed by atoms with Gasteiger partial charge in [-0.3, -0.25) is 13.9 Å². The summed E-state index contributed by atoms with van der Waals surface area (Å²) in [6.45, 7) is 9.88. The van der Waals surface area contributed by atoms with Crippen molar-refractivity contribution in [3.05, 3.63) is 89.7 Å². The molecule has 0 fully saturated rings. The van der Waals surface area contributed by atoms with Crippen molar-refractivity contribution in [2.75, 3.05) is 24.0 Å². The van der Waals surface area contributed by atoms with Crippen LogP contribution in [-0.4, -0.2) is 50.9 Å². The summed E-state index contributed by atoms with van der Waals surface area (Å²) in [5.74, 6) is -0.710. The first-order valence-corrected chi connectivity index (χ1v) is 15.5. The van der Waals surface area contributed by atoms with Crippen molar-refractivity contribution in [2.45, 2.75) is 58.5 Å². The fourth-order valence-electron chi connectivity index (χ4n) is 4.49. The number of halogens is 1. The Balaban J connectivity index is 2.04. The van der Waals surface area contributed by atoms with E-state index in [1.807, 2.05) is 58.9 Å². The van der Waals surface area contributed by atoms with E-state index in [9.17, 15) is 22.4 Å². The van der Waals surface area contributed by atoms with Gasteiger partial charge in [-0.2, -0.15) is 0 Å². The summed E-state index contributed by atoms with van der Waals surface area (Å²) in [7, 11) is -4.27. The summed E-state index contributed by atoms with van der Waals surface area (Å²) in [6, 6.07) is 17.5. The molecule has 0 aliphatic rings. The second-order valence-corrected chi connectivity index (χ2v) is 12.3. The molecule has 1 N–H and O–H groups in total. The number of ether oxygens (including phenoxy) is 1. The monoisotopic (exact) mass is 597 g/mol. The van der Waals surface area contributed by atoms with Crippen LogP contribution in [0.25, 0.3) is 0 Å². The van der Waals surface area contributed by atoms with Crippen LogP contribution in [0.4, 0.5) is 10.1 Å². The number of nitrogens with zero attached hydrogens (tertiary/aromatic N) is 2. The Hall–Kier alpha value is -3.92. The molecule has 0 aromatic heterocycles. The van der Waals surface area contributed by atoms with Gasteiger partial charge in [-0.25, -0.2) is 12.8 Å². The normalized spacial score (nSPS) is 12.1. The van der Waals surface area contributed by atoms with Crippen LogP contribution in [0.1, 0.15) is 45.2 Å². The van der Waals surface area contributed by atoms with E-state index in [1.165, 1.54) is 41.3 Å². The van der Waals surface area contributed by atoms with E-state index in [0.29, 0.717) is 25.3 Å². The van der Waals surface area contributed by atoms with Crippen LogP contribution in [0.5, 0.6) is 5.75 Å².